The van der Waals surface area contributed by atoms with E-state index in [2.05, 4.69) is 37.5 Å². The van der Waals surface area contributed by atoms with E-state index >= 15 is 0 Å². The SMILES string of the molecule is Cc1nc(C)c(Cc2ccccc2)c(Nc2nc3scc(C)n3n2)n1. The molecule has 0 unspecified atom stereocenters. The zero-order valence-electron chi connectivity index (χ0n) is 14.3. The molecule has 0 bridgehead atoms. The maximum atomic E-state index is 4.59. The van der Waals surface area contributed by atoms with Crippen molar-refractivity contribution in [3.8, 4) is 0 Å². The molecule has 7 heteroatoms. The molecule has 0 atom stereocenters. The van der Waals surface area contributed by atoms with Gasteiger partial charge in [-0.3, -0.25) is 0 Å². The molecule has 0 saturated heterocycles. The fourth-order valence-electron chi connectivity index (χ4n) is 2.80. The van der Waals surface area contributed by atoms with E-state index < -0.39 is 0 Å². The molecular weight excluding hydrogens is 332 g/mol. The molecule has 0 aliphatic heterocycles. The Balaban J connectivity index is 1.72. The third-order valence-electron chi connectivity index (χ3n) is 4.03. The summed E-state index contributed by atoms with van der Waals surface area (Å²) in [6.45, 7) is 5.93. The standard InChI is InChI=1S/C18H18N6S/c1-11-10-25-18-22-17(23-24(11)18)21-16-15(12(2)19-13(3)20-16)9-14-7-5-4-6-8-14/h4-8,10H,9H2,1-3H3,(H,19,20,21,23). The fraction of sp³-hybridized carbons (Fsp3) is 0.222. The lowest BCUT2D eigenvalue weighted by Gasteiger charge is -2.12. The van der Waals surface area contributed by atoms with Gasteiger partial charge in [0, 0.05) is 23.1 Å². The van der Waals surface area contributed by atoms with Crippen molar-refractivity contribution in [2.45, 2.75) is 27.2 Å². The maximum absolute atomic E-state index is 4.59. The van der Waals surface area contributed by atoms with Gasteiger partial charge in [0.05, 0.1) is 5.69 Å². The quantitative estimate of drug-likeness (QED) is 0.606. The van der Waals surface area contributed by atoms with E-state index in [1.807, 2.05) is 48.9 Å². The average molecular weight is 350 g/mol. The Morgan fingerprint density at radius 3 is 2.60 bits per heavy atom. The zero-order chi connectivity index (χ0) is 17.4. The van der Waals surface area contributed by atoms with E-state index in [1.165, 1.54) is 5.56 Å². The van der Waals surface area contributed by atoms with Gasteiger partial charge in [-0.05, 0) is 26.3 Å². The van der Waals surface area contributed by atoms with Crippen molar-refractivity contribution in [1.82, 2.24) is 24.6 Å². The highest BCUT2D eigenvalue weighted by Gasteiger charge is 2.14. The summed E-state index contributed by atoms with van der Waals surface area (Å²) < 4.78 is 1.84. The Morgan fingerprint density at radius 1 is 1.04 bits per heavy atom. The minimum Gasteiger partial charge on any atom is -0.307 e. The van der Waals surface area contributed by atoms with Gasteiger partial charge in [-0.15, -0.1) is 16.4 Å². The predicted octanol–water partition coefficient (Wildman–Crippen LogP) is 3.84. The first-order valence-electron chi connectivity index (χ1n) is 8.06. The summed E-state index contributed by atoms with van der Waals surface area (Å²) in [6, 6.07) is 10.3. The molecule has 0 radical (unpaired) electrons. The predicted molar refractivity (Wildman–Crippen MR) is 99.6 cm³/mol. The van der Waals surface area contributed by atoms with Crippen molar-refractivity contribution in [1.29, 1.82) is 0 Å². The van der Waals surface area contributed by atoms with Gasteiger partial charge in [0.15, 0.2) is 0 Å². The molecule has 0 spiro atoms. The third-order valence-corrected chi connectivity index (χ3v) is 4.96. The molecular formula is C18H18N6S. The van der Waals surface area contributed by atoms with Crippen molar-refractivity contribution in [3.05, 3.63) is 64.1 Å². The average Bonchev–Trinajstić information content (AvgIpc) is 3.13. The molecule has 6 nitrogen and oxygen atoms in total. The topological polar surface area (TPSA) is 68.0 Å². The van der Waals surface area contributed by atoms with E-state index in [0.717, 1.165) is 40.0 Å². The Labute approximate surface area is 149 Å². The van der Waals surface area contributed by atoms with Gasteiger partial charge >= 0.3 is 0 Å². The van der Waals surface area contributed by atoms with Gasteiger partial charge in [-0.25, -0.2) is 14.5 Å². The smallest absolute Gasteiger partial charge is 0.249 e. The molecule has 126 valence electrons. The molecule has 0 fully saturated rings. The van der Waals surface area contributed by atoms with Crippen LogP contribution in [0.2, 0.25) is 0 Å². The molecule has 4 rings (SSSR count). The lowest BCUT2D eigenvalue weighted by molar-refractivity contribution is 0.927. The molecule has 4 aromatic rings. The number of hydrogen-bond acceptors (Lipinski definition) is 6. The number of hydrogen-bond donors (Lipinski definition) is 1. The number of aromatic nitrogens is 5. The van der Waals surface area contributed by atoms with Crippen LogP contribution < -0.4 is 5.32 Å². The highest BCUT2D eigenvalue weighted by molar-refractivity contribution is 7.15. The Hall–Kier alpha value is -2.80. The summed E-state index contributed by atoms with van der Waals surface area (Å²) >= 11 is 1.58. The molecule has 25 heavy (non-hydrogen) atoms. The number of thiazole rings is 1. The minimum atomic E-state index is 0.557. The maximum Gasteiger partial charge on any atom is 0.249 e. The first kappa shape index (κ1) is 15.7. The van der Waals surface area contributed by atoms with Gasteiger partial charge in [0.25, 0.3) is 0 Å². The summed E-state index contributed by atoms with van der Waals surface area (Å²) in [6.07, 6.45) is 0.760. The Morgan fingerprint density at radius 2 is 1.84 bits per heavy atom. The van der Waals surface area contributed by atoms with Crippen LogP contribution >= 0.6 is 11.3 Å². The summed E-state index contributed by atoms with van der Waals surface area (Å²) in [4.78, 5) is 14.5. The molecule has 0 saturated carbocycles. The van der Waals surface area contributed by atoms with Crippen LogP contribution in [0.4, 0.5) is 11.8 Å². The van der Waals surface area contributed by atoms with Gasteiger partial charge in [0.1, 0.15) is 11.6 Å². The minimum absolute atomic E-state index is 0.557. The number of aryl methyl sites for hydroxylation is 3. The lowest BCUT2D eigenvalue weighted by atomic mass is 10.0. The van der Waals surface area contributed by atoms with Crippen LogP contribution in [0, 0.1) is 20.8 Å². The number of rotatable bonds is 4. The molecule has 3 heterocycles. The number of fused-ring (bicyclic) bond motifs is 1. The molecule has 0 aliphatic carbocycles. The summed E-state index contributed by atoms with van der Waals surface area (Å²) in [5, 5.41) is 9.85. The van der Waals surface area contributed by atoms with E-state index in [-0.39, 0.29) is 0 Å². The normalized spacial score (nSPS) is 11.2. The van der Waals surface area contributed by atoms with Crippen LogP contribution in [0.15, 0.2) is 35.7 Å². The zero-order valence-corrected chi connectivity index (χ0v) is 15.1. The summed E-state index contributed by atoms with van der Waals surface area (Å²) in [5.74, 6) is 2.06. The van der Waals surface area contributed by atoms with E-state index in [9.17, 15) is 0 Å². The first-order chi connectivity index (χ1) is 12.1. The van der Waals surface area contributed by atoms with Crippen molar-refractivity contribution >= 4 is 28.1 Å². The van der Waals surface area contributed by atoms with Crippen molar-refractivity contribution in [2.24, 2.45) is 0 Å². The second-order valence-electron chi connectivity index (χ2n) is 5.98. The van der Waals surface area contributed by atoms with E-state index in [0.29, 0.717) is 5.95 Å². The third kappa shape index (κ3) is 3.10. The summed E-state index contributed by atoms with van der Waals surface area (Å²) in [5.41, 5.74) is 4.32. The highest BCUT2D eigenvalue weighted by atomic mass is 32.1. The van der Waals surface area contributed by atoms with Crippen LogP contribution in [-0.2, 0) is 6.42 Å². The first-order valence-corrected chi connectivity index (χ1v) is 8.94. The number of nitrogens with zero attached hydrogens (tertiary/aromatic N) is 5. The molecule has 3 aromatic heterocycles. The summed E-state index contributed by atoms with van der Waals surface area (Å²) in [7, 11) is 0. The van der Waals surface area contributed by atoms with Crippen LogP contribution in [0.25, 0.3) is 4.96 Å². The van der Waals surface area contributed by atoms with Crippen LogP contribution in [0.5, 0.6) is 0 Å². The van der Waals surface area contributed by atoms with Gasteiger partial charge in [-0.1, -0.05) is 30.3 Å². The van der Waals surface area contributed by atoms with E-state index in [4.69, 9.17) is 0 Å². The second-order valence-corrected chi connectivity index (χ2v) is 6.81. The van der Waals surface area contributed by atoms with Crippen molar-refractivity contribution in [3.63, 3.8) is 0 Å². The molecule has 0 amide bonds. The molecule has 0 aliphatic rings. The second kappa shape index (κ2) is 6.25. The monoisotopic (exact) mass is 350 g/mol. The van der Waals surface area contributed by atoms with Gasteiger partial charge < -0.3 is 5.32 Å². The van der Waals surface area contributed by atoms with E-state index in [1.54, 1.807) is 11.3 Å². The Bertz CT molecular complexity index is 1030. The molecule has 1 aromatic carbocycles. The lowest BCUT2D eigenvalue weighted by Crippen LogP contribution is -2.07. The van der Waals surface area contributed by atoms with Gasteiger partial charge in [0.2, 0.25) is 10.9 Å². The number of nitrogens with one attached hydrogen (secondary N) is 1. The largest absolute Gasteiger partial charge is 0.307 e. The van der Waals surface area contributed by atoms with Crippen LogP contribution in [0.1, 0.15) is 28.3 Å². The Kier molecular flexibility index (Phi) is 3.93. The fourth-order valence-corrected chi connectivity index (χ4v) is 3.60. The van der Waals surface area contributed by atoms with Gasteiger partial charge in [-0.2, -0.15) is 4.98 Å². The molecule has 1 N–H and O–H groups in total. The highest BCUT2D eigenvalue weighted by Crippen LogP contribution is 2.24. The number of benzene rings is 1. The van der Waals surface area contributed by atoms with Crippen molar-refractivity contribution < 1.29 is 0 Å². The van der Waals surface area contributed by atoms with Crippen LogP contribution in [0.3, 0.4) is 0 Å². The van der Waals surface area contributed by atoms with Crippen molar-refractivity contribution in [2.75, 3.05) is 5.32 Å². The number of anilines is 2. The van der Waals surface area contributed by atoms with Crippen LogP contribution in [-0.4, -0.2) is 24.6 Å².